The van der Waals surface area contributed by atoms with E-state index in [4.69, 9.17) is 11.3 Å². The molecule has 1 aliphatic heterocycles. The zero-order valence-electron chi connectivity index (χ0n) is 18.3. The van der Waals surface area contributed by atoms with Crippen molar-refractivity contribution in [1.29, 1.82) is 0 Å². The summed E-state index contributed by atoms with van der Waals surface area (Å²) in [6.07, 6.45) is -0.732. The van der Waals surface area contributed by atoms with Gasteiger partial charge in [-0.05, 0) is 30.2 Å². The number of amides is 2. The molecule has 0 radical (unpaired) electrons. The number of aromatic nitrogens is 1. The van der Waals surface area contributed by atoms with Gasteiger partial charge in [-0.15, -0.1) is 0 Å². The summed E-state index contributed by atoms with van der Waals surface area (Å²) in [7, 11) is 1.72. The molecular formula is C24H24N4O5. The molecule has 9 nitrogen and oxygen atoms in total. The van der Waals surface area contributed by atoms with Gasteiger partial charge in [-0.3, -0.25) is 9.59 Å². The van der Waals surface area contributed by atoms with E-state index in [2.05, 4.69) is 10.2 Å². The van der Waals surface area contributed by atoms with E-state index in [-0.39, 0.29) is 19.0 Å². The van der Waals surface area contributed by atoms with Crippen LogP contribution in [-0.4, -0.2) is 52.0 Å². The number of carbonyl (C=O) groups excluding carboxylic acids is 2. The van der Waals surface area contributed by atoms with Crippen LogP contribution >= 0.6 is 0 Å². The third kappa shape index (κ3) is 4.14. The Kier molecular flexibility index (Phi) is 6.05. The lowest BCUT2D eigenvalue weighted by molar-refractivity contribution is -0.150. The van der Waals surface area contributed by atoms with E-state index in [0.717, 1.165) is 10.9 Å². The number of fused-ring (bicyclic) bond motifs is 1. The second-order valence-electron chi connectivity index (χ2n) is 7.86. The zero-order valence-corrected chi connectivity index (χ0v) is 18.3. The van der Waals surface area contributed by atoms with Crippen molar-refractivity contribution in [3.63, 3.8) is 0 Å². The van der Waals surface area contributed by atoms with Gasteiger partial charge in [-0.1, -0.05) is 25.1 Å². The molecule has 0 unspecified atom stereocenters. The Labute approximate surface area is 190 Å². The van der Waals surface area contributed by atoms with Gasteiger partial charge in [-0.25, -0.2) is 4.85 Å². The van der Waals surface area contributed by atoms with E-state index >= 15 is 0 Å². The molecule has 1 aliphatic rings. The third-order valence-electron chi connectivity index (χ3n) is 5.79. The maximum absolute atomic E-state index is 13.1. The van der Waals surface area contributed by atoms with Gasteiger partial charge in [0, 0.05) is 41.9 Å². The normalized spacial score (nSPS) is 17.1. The van der Waals surface area contributed by atoms with Crippen molar-refractivity contribution in [2.45, 2.75) is 25.6 Å². The molecule has 0 bridgehead atoms. The standard InChI is InChI=1S/C24H24N4O5/c1-4-14-11-16(25-2)6-8-19(14)26-22(30)20(29)21-24(32)28(9-10-33-21)17-7-5-15-13-27(3)23(31)18(15)12-17/h5-8,11-13,20-21,29,31H,4,9-10H2,1,3H3,(H,26,30)/t20-,21-/m1/s1. The SMILES string of the molecule is [C-]#[N+]c1ccc(NC(=O)[C@H](O)[C@H]2OCCN(c3ccc4cn(C)c(O)c4c3)C2=O)c(CC)c1. The molecule has 2 heterocycles. The highest BCUT2D eigenvalue weighted by molar-refractivity contribution is 6.05. The summed E-state index contributed by atoms with van der Waals surface area (Å²) >= 11 is 0. The van der Waals surface area contributed by atoms with Crippen LogP contribution < -0.4 is 10.2 Å². The first kappa shape index (κ1) is 22.3. The first-order chi connectivity index (χ1) is 15.8. The average Bonchev–Trinajstić information content (AvgIpc) is 3.11. The molecule has 9 heteroatoms. The van der Waals surface area contributed by atoms with Crippen LogP contribution in [0.25, 0.3) is 15.6 Å². The second-order valence-corrected chi connectivity index (χ2v) is 7.86. The monoisotopic (exact) mass is 448 g/mol. The number of hydrogen-bond donors (Lipinski definition) is 3. The Hall–Kier alpha value is -3.87. The minimum atomic E-state index is -1.72. The number of morpholine rings is 1. The molecule has 1 aromatic heterocycles. The Bertz CT molecular complexity index is 1280. The fraction of sp³-hybridized carbons (Fsp3) is 0.292. The number of rotatable bonds is 5. The van der Waals surface area contributed by atoms with Crippen LogP contribution in [0.3, 0.4) is 0 Å². The van der Waals surface area contributed by atoms with Crippen LogP contribution in [0.1, 0.15) is 12.5 Å². The number of hydrogen-bond acceptors (Lipinski definition) is 5. The predicted octanol–water partition coefficient (Wildman–Crippen LogP) is 2.73. The van der Waals surface area contributed by atoms with Crippen LogP contribution in [0.15, 0.2) is 42.6 Å². The molecule has 170 valence electrons. The van der Waals surface area contributed by atoms with Gasteiger partial charge in [0.05, 0.1) is 13.2 Å². The van der Waals surface area contributed by atoms with Crippen LogP contribution in [0.5, 0.6) is 5.88 Å². The molecule has 1 fully saturated rings. The van der Waals surface area contributed by atoms with Gasteiger partial charge in [0.15, 0.2) is 23.8 Å². The number of aromatic hydroxyl groups is 1. The number of anilines is 2. The number of carbonyl (C=O) groups is 2. The topological polar surface area (TPSA) is 108 Å². The van der Waals surface area contributed by atoms with E-state index in [9.17, 15) is 19.8 Å². The predicted molar refractivity (Wildman–Crippen MR) is 123 cm³/mol. The summed E-state index contributed by atoms with van der Waals surface area (Å²) in [4.78, 5) is 30.7. The smallest absolute Gasteiger partial charge is 0.259 e. The van der Waals surface area contributed by atoms with Gasteiger partial charge in [-0.2, -0.15) is 0 Å². The molecule has 33 heavy (non-hydrogen) atoms. The number of nitrogens with zero attached hydrogens (tertiary/aromatic N) is 3. The number of benzene rings is 2. The zero-order chi connectivity index (χ0) is 23.7. The summed E-state index contributed by atoms with van der Waals surface area (Å²) in [5, 5.41) is 25.0. The quantitative estimate of drug-likeness (QED) is 0.520. The summed E-state index contributed by atoms with van der Waals surface area (Å²) < 4.78 is 7.06. The first-order valence-electron chi connectivity index (χ1n) is 10.5. The lowest BCUT2D eigenvalue weighted by atomic mass is 10.1. The molecular weight excluding hydrogens is 424 g/mol. The Morgan fingerprint density at radius 3 is 2.85 bits per heavy atom. The lowest BCUT2D eigenvalue weighted by Gasteiger charge is -2.34. The molecule has 1 saturated heterocycles. The number of aryl methyl sites for hydroxylation is 2. The minimum Gasteiger partial charge on any atom is -0.494 e. The molecule has 3 N–H and O–H groups in total. The largest absolute Gasteiger partial charge is 0.494 e. The van der Waals surface area contributed by atoms with E-state index < -0.39 is 24.0 Å². The van der Waals surface area contributed by atoms with Crippen molar-refractivity contribution >= 4 is 39.6 Å². The van der Waals surface area contributed by atoms with E-state index in [1.807, 2.05) is 6.92 Å². The number of aliphatic hydroxyl groups is 1. The van der Waals surface area contributed by atoms with Gasteiger partial charge in [0.25, 0.3) is 11.8 Å². The van der Waals surface area contributed by atoms with E-state index in [0.29, 0.717) is 28.9 Å². The van der Waals surface area contributed by atoms with Crippen molar-refractivity contribution in [2.24, 2.45) is 7.05 Å². The summed E-state index contributed by atoms with van der Waals surface area (Å²) in [5.74, 6) is -1.23. The maximum atomic E-state index is 13.1. The summed E-state index contributed by atoms with van der Waals surface area (Å²) in [6.45, 7) is 9.40. The van der Waals surface area contributed by atoms with Gasteiger partial charge < -0.3 is 29.7 Å². The molecule has 0 aliphatic carbocycles. The third-order valence-corrected chi connectivity index (χ3v) is 5.79. The first-order valence-corrected chi connectivity index (χ1v) is 10.5. The van der Waals surface area contributed by atoms with E-state index in [1.165, 1.54) is 4.90 Å². The van der Waals surface area contributed by atoms with Crippen molar-refractivity contribution < 1.29 is 24.5 Å². The lowest BCUT2D eigenvalue weighted by Crippen LogP contribution is -2.55. The summed E-state index contributed by atoms with van der Waals surface area (Å²) in [6, 6.07) is 10.1. The second kappa shape index (κ2) is 8.94. The van der Waals surface area contributed by atoms with Crippen molar-refractivity contribution in [3.8, 4) is 5.88 Å². The number of nitrogens with one attached hydrogen (secondary N) is 1. The fourth-order valence-corrected chi connectivity index (χ4v) is 3.98. The van der Waals surface area contributed by atoms with Gasteiger partial charge >= 0.3 is 0 Å². The van der Waals surface area contributed by atoms with Gasteiger partial charge in [0.2, 0.25) is 0 Å². The van der Waals surface area contributed by atoms with Crippen molar-refractivity contribution in [1.82, 2.24) is 4.57 Å². The Morgan fingerprint density at radius 2 is 2.12 bits per heavy atom. The van der Waals surface area contributed by atoms with Crippen LogP contribution in [0.4, 0.5) is 17.1 Å². The summed E-state index contributed by atoms with van der Waals surface area (Å²) in [5.41, 5.74) is 2.21. The average molecular weight is 448 g/mol. The number of aliphatic hydroxyl groups excluding tert-OH is 1. The van der Waals surface area contributed by atoms with Crippen LogP contribution in [0.2, 0.25) is 0 Å². The molecule has 2 amide bonds. The minimum absolute atomic E-state index is 0.0829. The number of ether oxygens (including phenoxy) is 1. The van der Waals surface area contributed by atoms with Crippen molar-refractivity contribution in [3.05, 3.63) is 59.6 Å². The fourth-order valence-electron chi connectivity index (χ4n) is 3.98. The highest BCUT2D eigenvalue weighted by atomic mass is 16.5. The molecule has 2 aromatic carbocycles. The maximum Gasteiger partial charge on any atom is 0.259 e. The van der Waals surface area contributed by atoms with Crippen LogP contribution in [-0.2, 0) is 27.8 Å². The highest BCUT2D eigenvalue weighted by Crippen LogP contribution is 2.31. The molecule has 4 rings (SSSR count). The Balaban J connectivity index is 1.53. The van der Waals surface area contributed by atoms with Gasteiger partial charge in [0.1, 0.15) is 0 Å². The van der Waals surface area contributed by atoms with Crippen molar-refractivity contribution in [2.75, 3.05) is 23.4 Å². The molecule has 2 atom stereocenters. The van der Waals surface area contributed by atoms with Crippen LogP contribution in [0, 0.1) is 6.57 Å². The highest BCUT2D eigenvalue weighted by Gasteiger charge is 2.39. The molecule has 0 spiro atoms. The molecule has 3 aromatic rings. The molecule has 0 saturated carbocycles. The van der Waals surface area contributed by atoms with E-state index in [1.54, 1.807) is 54.2 Å². The Morgan fingerprint density at radius 1 is 1.33 bits per heavy atom.